The molecule has 1 aliphatic heterocycles. The van der Waals surface area contributed by atoms with E-state index in [1.165, 1.54) is 11.3 Å². The number of rotatable bonds is 2. The van der Waals surface area contributed by atoms with Crippen molar-refractivity contribution in [1.29, 1.82) is 0 Å². The molecule has 1 fully saturated rings. The summed E-state index contributed by atoms with van der Waals surface area (Å²) in [6.45, 7) is 8.08. The molecule has 1 aliphatic rings. The van der Waals surface area contributed by atoms with Gasteiger partial charge < -0.3 is 14.2 Å². The molecule has 0 spiro atoms. The minimum absolute atomic E-state index is 0.0144. The van der Waals surface area contributed by atoms with Crippen molar-refractivity contribution in [3.63, 3.8) is 0 Å². The topological polar surface area (TPSA) is 70.8 Å². The normalized spacial score (nSPS) is 15.1. The average Bonchev–Trinajstić information content (AvgIpc) is 3.13. The number of aromatic nitrogens is 3. The van der Waals surface area contributed by atoms with Gasteiger partial charge in [-0.15, -0.1) is 11.3 Å². The van der Waals surface area contributed by atoms with Crippen molar-refractivity contribution in [2.45, 2.75) is 27.2 Å². The molecular weight excluding hydrogens is 374 g/mol. The molecule has 0 aliphatic carbocycles. The monoisotopic (exact) mass is 397 g/mol. The van der Waals surface area contributed by atoms with Crippen LogP contribution in [0.3, 0.4) is 0 Å². The first-order valence-corrected chi connectivity index (χ1v) is 10.2. The van der Waals surface area contributed by atoms with Crippen molar-refractivity contribution in [3.8, 4) is 0 Å². The van der Waals surface area contributed by atoms with E-state index in [0.717, 1.165) is 28.3 Å². The summed E-state index contributed by atoms with van der Waals surface area (Å²) in [5.41, 5.74) is 3.10. The molecule has 3 aromatic heterocycles. The number of hydrogen-bond acceptors (Lipinski definition) is 5. The molecular formula is C20H23N5O2S. The Balaban J connectivity index is 1.47. The van der Waals surface area contributed by atoms with Gasteiger partial charge in [0.15, 0.2) is 0 Å². The van der Waals surface area contributed by atoms with E-state index in [-0.39, 0.29) is 11.8 Å². The van der Waals surface area contributed by atoms with Crippen LogP contribution >= 0.6 is 11.3 Å². The Bertz CT molecular complexity index is 1050. The van der Waals surface area contributed by atoms with Crippen LogP contribution < -0.4 is 0 Å². The van der Waals surface area contributed by atoms with Crippen LogP contribution in [0.25, 0.3) is 5.65 Å². The van der Waals surface area contributed by atoms with Gasteiger partial charge in [-0.2, -0.15) is 0 Å². The van der Waals surface area contributed by atoms with E-state index in [1.807, 2.05) is 48.4 Å². The van der Waals surface area contributed by atoms with Crippen LogP contribution in [-0.2, 0) is 0 Å². The van der Waals surface area contributed by atoms with Crippen molar-refractivity contribution >= 4 is 28.8 Å². The number of amides is 2. The molecule has 4 heterocycles. The number of carbonyl (C=O) groups is 2. The van der Waals surface area contributed by atoms with Crippen LogP contribution in [0.2, 0.25) is 0 Å². The number of aryl methyl sites for hydroxylation is 3. The minimum atomic E-state index is -0.0829. The van der Waals surface area contributed by atoms with Crippen LogP contribution in [0.1, 0.15) is 42.8 Å². The van der Waals surface area contributed by atoms with Gasteiger partial charge >= 0.3 is 0 Å². The summed E-state index contributed by atoms with van der Waals surface area (Å²) in [5, 5.41) is 0.898. The molecule has 4 rings (SSSR count). The number of imidazole rings is 1. The van der Waals surface area contributed by atoms with Gasteiger partial charge in [0.05, 0.1) is 10.7 Å². The maximum Gasteiger partial charge on any atom is 0.274 e. The molecule has 2 amide bonds. The van der Waals surface area contributed by atoms with E-state index in [1.54, 1.807) is 11.1 Å². The van der Waals surface area contributed by atoms with Crippen LogP contribution in [0.5, 0.6) is 0 Å². The molecule has 0 atom stereocenters. The van der Waals surface area contributed by atoms with Crippen molar-refractivity contribution in [2.24, 2.45) is 0 Å². The fourth-order valence-corrected chi connectivity index (χ4v) is 4.43. The first-order valence-electron chi connectivity index (χ1n) is 9.40. The maximum atomic E-state index is 12.9. The Morgan fingerprint density at radius 1 is 1.00 bits per heavy atom. The van der Waals surface area contributed by atoms with E-state index in [2.05, 4.69) is 9.97 Å². The largest absolute Gasteiger partial charge is 0.336 e. The Morgan fingerprint density at radius 2 is 1.71 bits per heavy atom. The second-order valence-electron chi connectivity index (χ2n) is 7.18. The molecule has 0 saturated carbocycles. The summed E-state index contributed by atoms with van der Waals surface area (Å²) in [7, 11) is 0. The molecule has 0 aromatic carbocycles. The third-order valence-corrected chi connectivity index (χ3v) is 6.06. The summed E-state index contributed by atoms with van der Waals surface area (Å²) in [6, 6.07) is 3.94. The zero-order chi connectivity index (χ0) is 19.8. The van der Waals surface area contributed by atoms with Gasteiger partial charge in [-0.05, 0) is 44.9 Å². The third kappa shape index (κ3) is 3.52. The second-order valence-corrected chi connectivity index (χ2v) is 8.38. The molecule has 1 saturated heterocycles. The quantitative estimate of drug-likeness (QED) is 0.667. The molecule has 28 heavy (non-hydrogen) atoms. The summed E-state index contributed by atoms with van der Waals surface area (Å²) in [4.78, 5) is 39.0. The lowest BCUT2D eigenvalue weighted by Gasteiger charge is -2.21. The molecule has 0 N–H and O–H groups in total. The molecule has 3 aromatic rings. The van der Waals surface area contributed by atoms with Crippen LogP contribution in [0.4, 0.5) is 0 Å². The van der Waals surface area contributed by atoms with Crippen LogP contribution in [0.15, 0.2) is 24.5 Å². The van der Waals surface area contributed by atoms with Crippen LogP contribution in [0, 0.1) is 20.8 Å². The van der Waals surface area contributed by atoms with E-state index < -0.39 is 0 Å². The number of fused-ring (bicyclic) bond motifs is 1. The summed E-state index contributed by atoms with van der Waals surface area (Å²) in [5.74, 6) is -0.0685. The van der Waals surface area contributed by atoms with Gasteiger partial charge in [-0.25, -0.2) is 9.97 Å². The number of hydrogen-bond donors (Lipinski definition) is 0. The SMILES string of the molecule is Cc1ccn2cc(C(=O)N3CCCN(C(=O)c4sc(C)nc4C)CC3)nc2c1. The maximum absolute atomic E-state index is 12.9. The lowest BCUT2D eigenvalue weighted by molar-refractivity contribution is 0.0718. The Labute approximate surface area is 167 Å². The van der Waals surface area contributed by atoms with E-state index in [0.29, 0.717) is 36.8 Å². The van der Waals surface area contributed by atoms with Crippen molar-refractivity contribution in [1.82, 2.24) is 24.2 Å². The highest BCUT2D eigenvalue weighted by atomic mass is 32.1. The first kappa shape index (κ1) is 18.6. The highest BCUT2D eigenvalue weighted by molar-refractivity contribution is 7.13. The van der Waals surface area contributed by atoms with Gasteiger partial charge in [-0.1, -0.05) is 0 Å². The van der Waals surface area contributed by atoms with Gasteiger partial charge in [0.25, 0.3) is 11.8 Å². The lowest BCUT2D eigenvalue weighted by atomic mass is 10.3. The van der Waals surface area contributed by atoms with Gasteiger partial charge in [0.2, 0.25) is 0 Å². The molecule has 0 unspecified atom stereocenters. The predicted octanol–water partition coefficient (Wildman–Crippen LogP) is 2.70. The lowest BCUT2D eigenvalue weighted by Crippen LogP contribution is -2.37. The third-order valence-electron chi connectivity index (χ3n) is 5.00. The zero-order valence-electron chi connectivity index (χ0n) is 16.3. The predicted molar refractivity (Wildman–Crippen MR) is 108 cm³/mol. The Hall–Kier alpha value is -2.74. The summed E-state index contributed by atoms with van der Waals surface area (Å²) in [6.07, 6.45) is 4.44. The zero-order valence-corrected chi connectivity index (χ0v) is 17.1. The number of nitrogens with zero attached hydrogens (tertiary/aromatic N) is 5. The van der Waals surface area contributed by atoms with Crippen molar-refractivity contribution < 1.29 is 9.59 Å². The summed E-state index contributed by atoms with van der Waals surface area (Å²) < 4.78 is 1.86. The molecule has 8 heteroatoms. The fraction of sp³-hybridized carbons (Fsp3) is 0.400. The van der Waals surface area contributed by atoms with Gasteiger partial charge in [-0.3, -0.25) is 9.59 Å². The van der Waals surface area contributed by atoms with E-state index in [4.69, 9.17) is 0 Å². The first-order chi connectivity index (χ1) is 13.4. The van der Waals surface area contributed by atoms with E-state index in [9.17, 15) is 9.59 Å². The Kier molecular flexibility index (Phi) is 4.89. The average molecular weight is 398 g/mol. The summed E-state index contributed by atoms with van der Waals surface area (Å²) >= 11 is 1.43. The smallest absolute Gasteiger partial charge is 0.274 e. The second kappa shape index (κ2) is 7.35. The standard InChI is InChI=1S/C20H23N5O2S/c1-13-5-8-25-12-16(22-17(25)11-13)19(26)23-6-4-7-24(10-9-23)20(27)18-14(2)21-15(3)28-18/h5,8,11-12H,4,6-7,9-10H2,1-3H3. The van der Waals surface area contributed by atoms with Crippen molar-refractivity contribution in [2.75, 3.05) is 26.2 Å². The van der Waals surface area contributed by atoms with Gasteiger partial charge in [0, 0.05) is 38.6 Å². The Morgan fingerprint density at radius 3 is 2.39 bits per heavy atom. The number of pyridine rings is 1. The fourth-order valence-electron chi connectivity index (χ4n) is 3.55. The number of thiazole rings is 1. The highest BCUT2D eigenvalue weighted by Crippen LogP contribution is 2.20. The van der Waals surface area contributed by atoms with E-state index >= 15 is 0 Å². The minimum Gasteiger partial charge on any atom is -0.336 e. The molecule has 7 nitrogen and oxygen atoms in total. The van der Waals surface area contributed by atoms with Crippen LogP contribution in [-0.4, -0.2) is 62.2 Å². The molecule has 0 radical (unpaired) electrons. The highest BCUT2D eigenvalue weighted by Gasteiger charge is 2.26. The number of carbonyl (C=O) groups excluding carboxylic acids is 2. The van der Waals surface area contributed by atoms with Crippen molar-refractivity contribution in [3.05, 3.63) is 51.4 Å². The molecule has 146 valence electrons. The molecule has 0 bridgehead atoms. The van der Waals surface area contributed by atoms with Gasteiger partial charge in [0.1, 0.15) is 16.2 Å².